The van der Waals surface area contributed by atoms with Gasteiger partial charge in [0.05, 0.1) is 4.90 Å². The number of allylic oxidation sites excluding steroid dienone is 1. The molecule has 2 heterocycles. The van der Waals surface area contributed by atoms with Crippen LogP contribution in [0.5, 0.6) is 0 Å². The molecule has 188 valence electrons. The Bertz CT molecular complexity index is 1600. The van der Waals surface area contributed by atoms with Crippen LogP contribution in [0.4, 0.5) is 17.6 Å². The summed E-state index contributed by atoms with van der Waals surface area (Å²) in [4.78, 5) is 15.7. The maximum absolute atomic E-state index is 13.0. The number of carbonyl (C=O) groups is 1. The molecule has 0 saturated carbocycles. The number of hydrogen-bond acceptors (Lipinski definition) is 6. The van der Waals surface area contributed by atoms with Crippen molar-refractivity contribution in [3.63, 3.8) is 0 Å². The normalized spacial score (nSPS) is 14.8. The third kappa shape index (κ3) is 5.35. The minimum Gasteiger partial charge on any atom is -0.326 e. The minimum atomic E-state index is -3.98. The number of carbonyl (C=O) groups excluding carboxylic acids is 1. The fraction of sp³-hybridized carbons (Fsp3) is 0.115. The van der Waals surface area contributed by atoms with Crippen LogP contribution in [0.2, 0.25) is 5.02 Å². The topological polar surface area (TPSA) is 118 Å². The smallest absolute Gasteiger partial charge is 0.264 e. The molecule has 5 rings (SSSR count). The number of hydrogen-bond donors (Lipinski definition) is 3. The number of aryl methyl sites for hydroxylation is 1. The van der Waals surface area contributed by atoms with Gasteiger partial charge in [0.2, 0.25) is 11.9 Å². The van der Waals surface area contributed by atoms with Gasteiger partial charge in [-0.2, -0.15) is 4.98 Å². The van der Waals surface area contributed by atoms with E-state index in [4.69, 9.17) is 11.6 Å². The number of nitrogens with zero attached hydrogens (tertiary/aromatic N) is 3. The Hall–Kier alpha value is -4.15. The van der Waals surface area contributed by atoms with Gasteiger partial charge in [0.25, 0.3) is 16.0 Å². The first-order valence-electron chi connectivity index (χ1n) is 11.4. The lowest BCUT2D eigenvalue weighted by molar-refractivity contribution is -0.114. The molecule has 9 nitrogen and oxygen atoms in total. The van der Waals surface area contributed by atoms with Crippen LogP contribution < -0.4 is 15.4 Å². The highest BCUT2D eigenvalue weighted by Gasteiger charge is 2.27. The molecule has 3 aromatic carbocycles. The molecule has 11 heteroatoms. The zero-order chi connectivity index (χ0) is 26.2. The van der Waals surface area contributed by atoms with Gasteiger partial charge in [0, 0.05) is 23.3 Å². The fourth-order valence-corrected chi connectivity index (χ4v) is 5.00. The first-order chi connectivity index (χ1) is 17.7. The first-order valence-corrected chi connectivity index (χ1v) is 13.2. The third-order valence-corrected chi connectivity index (χ3v) is 7.35. The van der Waals surface area contributed by atoms with Crippen molar-refractivity contribution in [2.24, 2.45) is 0 Å². The maximum atomic E-state index is 13.0. The third-order valence-electron chi connectivity index (χ3n) is 5.75. The summed E-state index contributed by atoms with van der Waals surface area (Å²) in [5, 5.41) is 11.0. The van der Waals surface area contributed by atoms with Crippen LogP contribution in [0.3, 0.4) is 0 Å². The Labute approximate surface area is 219 Å². The molecule has 1 unspecified atom stereocenters. The van der Waals surface area contributed by atoms with Gasteiger partial charge in [-0.05, 0) is 60.5 Å². The molecule has 0 fully saturated rings. The summed E-state index contributed by atoms with van der Waals surface area (Å²) in [7, 11) is -3.98. The Kier molecular flexibility index (Phi) is 6.45. The van der Waals surface area contributed by atoms with Gasteiger partial charge in [0.1, 0.15) is 6.04 Å². The van der Waals surface area contributed by atoms with Crippen molar-refractivity contribution < 1.29 is 13.2 Å². The number of nitrogens with one attached hydrogen (secondary N) is 3. The lowest BCUT2D eigenvalue weighted by atomic mass is 10.0. The maximum Gasteiger partial charge on any atom is 0.264 e. The predicted octanol–water partition coefficient (Wildman–Crippen LogP) is 5.06. The summed E-state index contributed by atoms with van der Waals surface area (Å²) in [6.07, 6.45) is 2.01. The lowest BCUT2D eigenvalue weighted by Crippen LogP contribution is -2.20. The van der Waals surface area contributed by atoms with E-state index in [0.29, 0.717) is 16.7 Å². The van der Waals surface area contributed by atoms with Crippen LogP contribution in [-0.4, -0.2) is 29.1 Å². The fourth-order valence-electron chi connectivity index (χ4n) is 3.93. The summed E-state index contributed by atoms with van der Waals surface area (Å²) in [5.74, 6) is 0.0665. The van der Waals surface area contributed by atoms with Crippen LogP contribution in [0.25, 0.3) is 5.70 Å². The van der Waals surface area contributed by atoms with Crippen molar-refractivity contribution in [2.45, 2.75) is 24.8 Å². The minimum absolute atomic E-state index is 0.0115. The Morgan fingerprint density at radius 3 is 2.32 bits per heavy atom. The van der Waals surface area contributed by atoms with Crippen LogP contribution in [0, 0.1) is 6.92 Å². The average molecular weight is 535 g/mol. The Balaban J connectivity index is 1.47. The number of aromatic nitrogens is 3. The monoisotopic (exact) mass is 534 g/mol. The van der Waals surface area contributed by atoms with Crippen molar-refractivity contribution in [3.8, 4) is 0 Å². The van der Waals surface area contributed by atoms with Gasteiger partial charge < -0.3 is 10.6 Å². The van der Waals surface area contributed by atoms with E-state index in [2.05, 4.69) is 25.4 Å². The largest absolute Gasteiger partial charge is 0.326 e. The van der Waals surface area contributed by atoms with Crippen molar-refractivity contribution >= 4 is 50.8 Å². The van der Waals surface area contributed by atoms with Crippen molar-refractivity contribution in [3.05, 3.63) is 101 Å². The quantitative estimate of drug-likeness (QED) is 0.318. The number of benzene rings is 3. The van der Waals surface area contributed by atoms with E-state index in [0.717, 1.165) is 22.4 Å². The molecule has 1 aliphatic rings. The van der Waals surface area contributed by atoms with Crippen LogP contribution >= 0.6 is 11.6 Å². The van der Waals surface area contributed by atoms with Gasteiger partial charge in [0.15, 0.2) is 0 Å². The molecule has 1 atom stereocenters. The summed E-state index contributed by atoms with van der Waals surface area (Å²) in [5.41, 5.74) is 4.28. The Morgan fingerprint density at radius 2 is 1.68 bits per heavy atom. The summed E-state index contributed by atoms with van der Waals surface area (Å²) in [6, 6.07) is 20.9. The molecule has 0 bridgehead atoms. The molecular weight excluding hydrogens is 512 g/mol. The summed E-state index contributed by atoms with van der Waals surface area (Å²) in [6.45, 7) is 3.39. The Morgan fingerprint density at radius 1 is 1.00 bits per heavy atom. The molecule has 1 aromatic heterocycles. The molecule has 0 saturated heterocycles. The van der Waals surface area contributed by atoms with Crippen LogP contribution in [0.15, 0.2) is 83.8 Å². The molecule has 37 heavy (non-hydrogen) atoms. The zero-order valence-electron chi connectivity index (χ0n) is 19.9. The van der Waals surface area contributed by atoms with Crippen LogP contribution in [0.1, 0.15) is 29.7 Å². The number of amides is 1. The average Bonchev–Trinajstić information content (AvgIpc) is 3.26. The second kappa shape index (κ2) is 9.72. The molecule has 3 N–H and O–H groups in total. The highest BCUT2D eigenvalue weighted by Crippen LogP contribution is 2.34. The molecule has 1 amide bonds. The second-order valence-corrected chi connectivity index (χ2v) is 10.7. The van der Waals surface area contributed by atoms with E-state index in [1.165, 1.54) is 31.2 Å². The number of sulfonamides is 1. The van der Waals surface area contributed by atoms with Gasteiger partial charge in [-0.1, -0.05) is 53.6 Å². The van der Waals surface area contributed by atoms with E-state index in [1.807, 2.05) is 49.4 Å². The molecule has 0 aliphatic carbocycles. The van der Waals surface area contributed by atoms with Gasteiger partial charge in [-0.25, -0.2) is 17.8 Å². The van der Waals surface area contributed by atoms with E-state index < -0.39 is 10.0 Å². The molecule has 4 aromatic rings. The van der Waals surface area contributed by atoms with Gasteiger partial charge in [-0.3, -0.25) is 4.79 Å². The second-order valence-electron chi connectivity index (χ2n) is 8.58. The molecule has 0 spiro atoms. The highest BCUT2D eigenvalue weighted by molar-refractivity contribution is 7.92. The predicted molar refractivity (Wildman–Crippen MR) is 144 cm³/mol. The number of halogens is 1. The van der Waals surface area contributed by atoms with Gasteiger partial charge >= 0.3 is 0 Å². The highest BCUT2D eigenvalue weighted by atomic mass is 35.5. The molecule has 1 aliphatic heterocycles. The van der Waals surface area contributed by atoms with Gasteiger partial charge in [-0.15, -0.1) is 5.10 Å². The number of fused-ring (bicyclic) bond motifs is 1. The summed E-state index contributed by atoms with van der Waals surface area (Å²) < 4.78 is 30.1. The van der Waals surface area contributed by atoms with Crippen LogP contribution in [-0.2, 0) is 14.8 Å². The van der Waals surface area contributed by atoms with E-state index in [-0.39, 0.29) is 22.8 Å². The van der Waals surface area contributed by atoms with Crippen molar-refractivity contribution in [1.82, 2.24) is 14.8 Å². The first kappa shape index (κ1) is 24.5. The standard InChI is InChI=1S/C26H23ClN6O3S/c1-16-3-5-19(6-4-16)24-15-23(18-7-9-20(27)10-8-18)29-26-30-25(31-33(24)26)32-37(35,36)22-13-11-21(12-14-22)28-17(2)34/h3-15,24H,1-2H3,(H,28,34)(H2,29,30,31,32). The molecular formula is C26H23ClN6O3S. The van der Waals surface area contributed by atoms with E-state index >= 15 is 0 Å². The number of rotatable bonds is 6. The van der Waals surface area contributed by atoms with Crippen molar-refractivity contribution in [2.75, 3.05) is 15.4 Å². The molecule has 0 radical (unpaired) electrons. The zero-order valence-corrected chi connectivity index (χ0v) is 21.5. The number of anilines is 3. The summed E-state index contributed by atoms with van der Waals surface area (Å²) >= 11 is 6.07. The van der Waals surface area contributed by atoms with E-state index in [9.17, 15) is 13.2 Å². The van der Waals surface area contributed by atoms with E-state index in [1.54, 1.807) is 16.8 Å². The lowest BCUT2D eigenvalue weighted by Gasteiger charge is -2.24. The SMILES string of the molecule is CC(=O)Nc1ccc(S(=O)(=O)Nc2nc3n(n2)C(c2ccc(C)cc2)C=C(c2ccc(Cl)cc2)N3)cc1. The van der Waals surface area contributed by atoms with Crippen molar-refractivity contribution in [1.29, 1.82) is 0 Å².